The maximum atomic E-state index is 11.6. The molecule has 0 aliphatic carbocycles. The molecule has 0 aliphatic heterocycles. The molecule has 1 atom stereocenters. The van der Waals surface area contributed by atoms with E-state index >= 15 is 0 Å². The van der Waals surface area contributed by atoms with Gasteiger partial charge in [-0.15, -0.1) is 6.42 Å². The van der Waals surface area contributed by atoms with Crippen molar-refractivity contribution in [3.63, 3.8) is 0 Å². The fraction of sp³-hybridized carbons (Fsp3) is 0.500. The molecule has 0 aromatic carbocycles. The Kier molecular flexibility index (Phi) is 3.38. The van der Waals surface area contributed by atoms with E-state index in [0.717, 1.165) is 0 Å². The molecule has 1 unspecified atom stereocenters. The SMILES string of the molecule is C#CC(C)c1cn(C(=O)OC(C)(C)C)cn1. The van der Waals surface area contributed by atoms with Gasteiger partial charge in [0.25, 0.3) is 0 Å². The van der Waals surface area contributed by atoms with Crippen LogP contribution in [0, 0.1) is 12.3 Å². The third-order valence-corrected chi connectivity index (χ3v) is 1.90. The largest absolute Gasteiger partial charge is 0.443 e. The molecule has 1 aromatic heterocycles. The molecule has 4 nitrogen and oxygen atoms in total. The minimum Gasteiger partial charge on any atom is -0.443 e. The van der Waals surface area contributed by atoms with E-state index in [0.29, 0.717) is 5.69 Å². The fourth-order valence-electron chi connectivity index (χ4n) is 1.06. The minimum absolute atomic E-state index is 0.108. The molecule has 0 saturated carbocycles. The molecule has 0 bridgehead atoms. The highest BCUT2D eigenvalue weighted by atomic mass is 16.6. The Morgan fingerprint density at radius 1 is 1.62 bits per heavy atom. The van der Waals surface area contributed by atoms with Crippen LogP contribution >= 0.6 is 0 Å². The predicted octanol–water partition coefficient (Wildman–Crippen LogP) is 2.40. The van der Waals surface area contributed by atoms with Crippen LogP contribution in [0.3, 0.4) is 0 Å². The Morgan fingerprint density at radius 3 is 2.75 bits per heavy atom. The first kappa shape index (κ1) is 12.3. The first-order chi connectivity index (χ1) is 7.33. The lowest BCUT2D eigenvalue weighted by Crippen LogP contribution is -2.26. The summed E-state index contributed by atoms with van der Waals surface area (Å²) in [5.74, 6) is 2.45. The molecule has 16 heavy (non-hydrogen) atoms. The molecule has 86 valence electrons. The third kappa shape index (κ3) is 3.13. The standard InChI is InChI=1S/C12H16N2O2/c1-6-9(2)10-7-14(8-13-10)11(15)16-12(3,4)5/h1,7-9H,2-5H3. The summed E-state index contributed by atoms with van der Waals surface area (Å²) in [4.78, 5) is 15.7. The number of hydrogen-bond acceptors (Lipinski definition) is 3. The van der Waals surface area contributed by atoms with Crippen LogP contribution < -0.4 is 0 Å². The molecule has 1 aromatic rings. The Bertz CT molecular complexity index is 421. The number of nitrogens with zero attached hydrogens (tertiary/aromatic N) is 2. The number of terminal acetylenes is 1. The normalized spacial score (nSPS) is 12.9. The van der Waals surface area contributed by atoms with Crippen LogP contribution in [0.15, 0.2) is 12.5 Å². The summed E-state index contributed by atoms with van der Waals surface area (Å²) in [6.45, 7) is 7.29. The van der Waals surface area contributed by atoms with Gasteiger partial charge in [-0.3, -0.25) is 0 Å². The van der Waals surface area contributed by atoms with Crippen molar-refractivity contribution in [3.05, 3.63) is 18.2 Å². The summed E-state index contributed by atoms with van der Waals surface area (Å²) in [6, 6.07) is 0. The smallest absolute Gasteiger partial charge is 0.419 e. The maximum Gasteiger partial charge on any atom is 0.419 e. The monoisotopic (exact) mass is 220 g/mol. The van der Waals surface area contributed by atoms with E-state index in [1.54, 1.807) is 6.20 Å². The molecule has 0 aliphatic rings. The van der Waals surface area contributed by atoms with Crippen molar-refractivity contribution in [3.8, 4) is 12.3 Å². The Morgan fingerprint density at radius 2 is 2.25 bits per heavy atom. The summed E-state index contributed by atoms with van der Waals surface area (Å²) in [7, 11) is 0. The Labute approximate surface area is 95.6 Å². The van der Waals surface area contributed by atoms with Gasteiger partial charge in [0, 0.05) is 6.20 Å². The molecule has 1 heterocycles. The topological polar surface area (TPSA) is 44.1 Å². The second-order valence-electron chi connectivity index (χ2n) is 4.57. The summed E-state index contributed by atoms with van der Waals surface area (Å²) >= 11 is 0. The van der Waals surface area contributed by atoms with E-state index in [-0.39, 0.29) is 5.92 Å². The zero-order valence-electron chi connectivity index (χ0n) is 10.0. The van der Waals surface area contributed by atoms with Crippen molar-refractivity contribution in [2.75, 3.05) is 0 Å². The van der Waals surface area contributed by atoms with Crippen LogP contribution in [0.4, 0.5) is 4.79 Å². The van der Waals surface area contributed by atoms with Gasteiger partial charge in [-0.05, 0) is 27.7 Å². The summed E-state index contributed by atoms with van der Waals surface area (Å²) in [5, 5.41) is 0. The van der Waals surface area contributed by atoms with Gasteiger partial charge >= 0.3 is 6.09 Å². The van der Waals surface area contributed by atoms with Gasteiger partial charge in [-0.1, -0.05) is 5.92 Å². The minimum atomic E-state index is -0.515. The van der Waals surface area contributed by atoms with E-state index in [2.05, 4.69) is 10.9 Å². The molecular weight excluding hydrogens is 204 g/mol. The van der Waals surface area contributed by atoms with Gasteiger partial charge in [0.1, 0.15) is 11.9 Å². The van der Waals surface area contributed by atoms with Crippen LogP contribution in [0.2, 0.25) is 0 Å². The zero-order chi connectivity index (χ0) is 12.3. The predicted molar refractivity (Wildman–Crippen MR) is 61.1 cm³/mol. The van der Waals surface area contributed by atoms with Crippen LogP contribution in [0.1, 0.15) is 39.3 Å². The number of imidazole rings is 1. The average Bonchev–Trinajstić information content (AvgIpc) is 2.62. The van der Waals surface area contributed by atoms with Crippen molar-refractivity contribution in [1.82, 2.24) is 9.55 Å². The molecule has 0 saturated heterocycles. The van der Waals surface area contributed by atoms with Gasteiger partial charge in [-0.25, -0.2) is 14.3 Å². The molecule has 4 heteroatoms. The summed E-state index contributed by atoms with van der Waals surface area (Å²) < 4.78 is 6.48. The first-order valence-corrected chi connectivity index (χ1v) is 5.07. The van der Waals surface area contributed by atoms with Gasteiger partial charge in [0.15, 0.2) is 0 Å². The van der Waals surface area contributed by atoms with E-state index in [4.69, 9.17) is 11.2 Å². The van der Waals surface area contributed by atoms with Gasteiger partial charge in [-0.2, -0.15) is 0 Å². The summed E-state index contributed by atoms with van der Waals surface area (Å²) in [6.07, 6.45) is 7.84. The second-order valence-corrected chi connectivity index (χ2v) is 4.57. The summed E-state index contributed by atoms with van der Waals surface area (Å²) in [5.41, 5.74) is 0.174. The molecular formula is C12H16N2O2. The molecule has 0 fully saturated rings. The van der Waals surface area contributed by atoms with Crippen LogP contribution in [-0.4, -0.2) is 21.2 Å². The Hall–Kier alpha value is -1.76. The lowest BCUT2D eigenvalue weighted by molar-refractivity contribution is 0.0536. The van der Waals surface area contributed by atoms with Gasteiger partial charge in [0.05, 0.1) is 11.6 Å². The van der Waals surface area contributed by atoms with Gasteiger partial charge in [0.2, 0.25) is 0 Å². The van der Waals surface area contributed by atoms with Crippen LogP contribution in [-0.2, 0) is 4.74 Å². The lowest BCUT2D eigenvalue weighted by Gasteiger charge is -2.19. The highest BCUT2D eigenvalue weighted by Crippen LogP contribution is 2.13. The fourth-order valence-corrected chi connectivity index (χ4v) is 1.06. The van der Waals surface area contributed by atoms with Crippen LogP contribution in [0.5, 0.6) is 0 Å². The lowest BCUT2D eigenvalue weighted by atomic mass is 10.1. The van der Waals surface area contributed by atoms with E-state index in [9.17, 15) is 4.79 Å². The van der Waals surface area contributed by atoms with Crippen molar-refractivity contribution in [1.29, 1.82) is 0 Å². The molecule has 0 N–H and O–H groups in total. The average molecular weight is 220 g/mol. The Balaban J connectivity index is 2.79. The van der Waals surface area contributed by atoms with Crippen molar-refractivity contribution in [2.45, 2.75) is 39.2 Å². The van der Waals surface area contributed by atoms with Crippen molar-refractivity contribution >= 4 is 6.09 Å². The number of hydrogen-bond donors (Lipinski definition) is 0. The number of carbonyl (C=O) groups excluding carboxylic acids is 1. The number of ether oxygens (including phenoxy) is 1. The van der Waals surface area contributed by atoms with Crippen molar-refractivity contribution in [2.24, 2.45) is 0 Å². The molecule has 0 amide bonds. The van der Waals surface area contributed by atoms with E-state index < -0.39 is 11.7 Å². The number of carbonyl (C=O) groups is 1. The molecule has 1 rings (SSSR count). The van der Waals surface area contributed by atoms with E-state index in [1.165, 1.54) is 10.9 Å². The first-order valence-electron chi connectivity index (χ1n) is 5.07. The highest BCUT2D eigenvalue weighted by molar-refractivity contribution is 5.70. The van der Waals surface area contributed by atoms with E-state index in [1.807, 2.05) is 27.7 Å². The van der Waals surface area contributed by atoms with Crippen molar-refractivity contribution < 1.29 is 9.53 Å². The zero-order valence-corrected chi connectivity index (χ0v) is 10.0. The highest BCUT2D eigenvalue weighted by Gasteiger charge is 2.18. The number of aromatic nitrogens is 2. The third-order valence-electron chi connectivity index (χ3n) is 1.90. The quantitative estimate of drug-likeness (QED) is 0.682. The second kappa shape index (κ2) is 4.40. The van der Waals surface area contributed by atoms with Gasteiger partial charge < -0.3 is 4.74 Å². The van der Waals surface area contributed by atoms with Crippen LogP contribution in [0.25, 0.3) is 0 Å². The maximum absolute atomic E-state index is 11.6. The molecule has 0 spiro atoms. The molecule has 0 radical (unpaired) electrons. The number of rotatable bonds is 1.